The lowest BCUT2D eigenvalue weighted by Gasteiger charge is -2.39. The van der Waals surface area contributed by atoms with Crippen LogP contribution in [0.4, 0.5) is 0 Å². The maximum absolute atomic E-state index is 13.0. The molecule has 0 unspecified atom stereocenters. The van der Waals surface area contributed by atoms with Crippen LogP contribution >= 0.6 is 0 Å². The molecule has 0 N–H and O–H groups in total. The Labute approximate surface area is 137 Å². The normalized spacial score (nSPS) is 31.3. The molecule has 23 heavy (non-hydrogen) atoms. The lowest BCUT2D eigenvalue weighted by molar-refractivity contribution is -0.0456. The molecule has 9 heteroatoms. The van der Waals surface area contributed by atoms with Crippen LogP contribution in [0.15, 0.2) is 6.33 Å². The van der Waals surface area contributed by atoms with E-state index in [2.05, 4.69) is 10.2 Å². The molecule has 0 bridgehead atoms. The van der Waals surface area contributed by atoms with Gasteiger partial charge < -0.3 is 9.30 Å². The van der Waals surface area contributed by atoms with Crippen molar-refractivity contribution in [2.45, 2.75) is 44.8 Å². The van der Waals surface area contributed by atoms with Crippen molar-refractivity contribution in [1.29, 1.82) is 0 Å². The summed E-state index contributed by atoms with van der Waals surface area (Å²) in [5, 5.41) is 8.06. The first-order valence-electron chi connectivity index (χ1n) is 8.12. The number of hydrogen-bond donors (Lipinski definition) is 0. The van der Waals surface area contributed by atoms with E-state index in [0.717, 1.165) is 18.7 Å². The van der Waals surface area contributed by atoms with Gasteiger partial charge in [-0.15, -0.1) is 10.2 Å². The van der Waals surface area contributed by atoms with Crippen LogP contribution in [0.2, 0.25) is 0 Å². The SMILES string of the molecule is C[C@@H]1CN(S(=O)(=O)N2CCC[C@H](c3nncn3C)C2)C[C@@H](C)O1. The minimum absolute atomic E-state index is 0.0761. The van der Waals surface area contributed by atoms with E-state index >= 15 is 0 Å². The fourth-order valence-electron chi connectivity index (χ4n) is 3.51. The lowest BCUT2D eigenvalue weighted by Crippen LogP contribution is -2.54. The first-order valence-corrected chi connectivity index (χ1v) is 9.52. The Morgan fingerprint density at radius 3 is 2.48 bits per heavy atom. The number of rotatable bonds is 3. The molecule has 0 radical (unpaired) electrons. The molecular formula is C14H25N5O3S. The van der Waals surface area contributed by atoms with E-state index in [9.17, 15) is 8.42 Å². The van der Waals surface area contributed by atoms with Crippen LogP contribution < -0.4 is 0 Å². The van der Waals surface area contributed by atoms with Crippen molar-refractivity contribution in [3.63, 3.8) is 0 Å². The summed E-state index contributed by atoms with van der Waals surface area (Å²) in [4.78, 5) is 0. The summed E-state index contributed by atoms with van der Waals surface area (Å²) in [6.07, 6.45) is 3.29. The molecule has 0 saturated carbocycles. The minimum atomic E-state index is -3.46. The van der Waals surface area contributed by atoms with Gasteiger partial charge in [-0.3, -0.25) is 0 Å². The average molecular weight is 343 g/mol. The Hall–Kier alpha value is -1.03. The summed E-state index contributed by atoms with van der Waals surface area (Å²) in [6.45, 7) is 5.69. The zero-order chi connectivity index (χ0) is 16.6. The third kappa shape index (κ3) is 3.42. The first-order chi connectivity index (χ1) is 10.9. The number of ether oxygens (including phenoxy) is 1. The smallest absolute Gasteiger partial charge is 0.282 e. The second kappa shape index (κ2) is 6.46. The predicted molar refractivity (Wildman–Crippen MR) is 85.1 cm³/mol. The van der Waals surface area contributed by atoms with E-state index < -0.39 is 10.2 Å². The fourth-order valence-corrected chi connectivity index (χ4v) is 5.36. The second-order valence-electron chi connectivity index (χ2n) is 6.58. The Morgan fingerprint density at radius 1 is 1.17 bits per heavy atom. The van der Waals surface area contributed by atoms with Crippen molar-refractivity contribution in [3.8, 4) is 0 Å². The molecule has 8 nitrogen and oxygen atoms in total. The molecule has 1 aromatic heterocycles. The fraction of sp³-hybridized carbons (Fsp3) is 0.857. The van der Waals surface area contributed by atoms with Crippen molar-refractivity contribution < 1.29 is 13.2 Å². The zero-order valence-electron chi connectivity index (χ0n) is 13.9. The van der Waals surface area contributed by atoms with E-state index in [1.165, 1.54) is 0 Å². The van der Waals surface area contributed by atoms with Crippen molar-refractivity contribution in [1.82, 2.24) is 23.4 Å². The molecule has 3 rings (SSSR count). The average Bonchev–Trinajstić information content (AvgIpc) is 2.92. The standard InChI is InChI=1S/C14H25N5O3S/c1-11-7-19(8-12(2)22-11)23(20,21)18-6-4-5-13(9-18)14-16-15-10-17(14)3/h10-13H,4-9H2,1-3H3/t11-,12-,13+/m1/s1. The highest BCUT2D eigenvalue weighted by Crippen LogP contribution is 2.28. The number of nitrogens with zero attached hydrogens (tertiary/aromatic N) is 5. The van der Waals surface area contributed by atoms with E-state index in [4.69, 9.17) is 4.74 Å². The third-order valence-corrected chi connectivity index (χ3v) is 6.47. The molecule has 2 aliphatic rings. The van der Waals surface area contributed by atoms with Gasteiger partial charge in [0.2, 0.25) is 0 Å². The summed E-state index contributed by atoms with van der Waals surface area (Å²) < 4.78 is 36.7. The number of hydrogen-bond acceptors (Lipinski definition) is 5. The monoisotopic (exact) mass is 343 g/mol. The van der Waals surface area contributed by atoms with Gasteiger partial charge in [-0.1, -0.05) is 0 Å². The topological polar surface area (TPSA) is 80.6 Å². The zero-order valence-corrected chi connectivity index (χ0v) is 14.7. The molecule has 1 aromatic rings. The summed E-state index contributed by atoms with van der Waals surface area (Å²) in [5.41, 5.74) is 0. The van der Waals surface area contributed by atoms with Gasteiger partial charge in [-0.25, -0.2) is 0 Å². The maximum atomic E-state index is 13.0. The van der Waals surface area contributed by atoms with Gasteiger partial charge in [0.1, 0.15) is 12.2 Å². The molecular weight excluding hydrogens is 318 g/mol. The molecule has 3 atom stereocenters. The molecule has 0 spiro atoms. The molecule has 0 aromatic carbocycles. The predicted octanol–water partition coefficient (Wildman–Crippen LogP) is 0.349. The maximum Gasteiger partial charge on any atom is 0.282 e. The van der Waals surface area contributed by atoms with Gasteiger partial charge >= 0.3 is 0 Å². The summed E-state index contributed by atoms with van der Waals surface area (Å²) in [6, 6.07) is 0. The van der Waals surface area contributed by atoms with Crippen LogP contribution in [-0.4, -0.2) is 70.2 Å². The number of aromatic nitrogens is 3. The lowest BCUT2D eigenvalue weighted by atomic mass is 9.99. The van der Waals surface area contributed by atoms with Gasteiger partial charge in [0.05, 0.1) is 12.2 Å². The molecule has 3 heterocycles. The van der Waals surface area contributed by atoms with Crippen molar-refractivity contribution in [3.05, 3.63) is 12.2 Å². The van der Waals surface area contributed by atoms with Gasteiger partial charge in [0, 0.05) is 39.1 Å². The second-order valence-corrected chi connectivity index (χ2v) is 8.51. The number of aryl methyl sites for hydroxylation is 1. The van der Waals surface area contributed by atoms with Gasteiger partial charge in [-0.05, 0) is 26.7 Å². The van der Waals surface area contributed by atoms with Crippen molar-refractivity contribution in [2.24, 2.45) is 7.05 Å². The molecule has 0 aliphatic carbocycles. The van der Waals surface area contributed by atoms with Gasteiger partial charge in [0.25, 0.3) is 10.2 Å². The van der Waals surface area contributed by atoms with E-state index in [-0.39, 0.29) is 18.1 Å². The molecule has 0 amide bonds. The quantitative estimate of drug-likeness (QED) is 0.791. The summed E-state index contributed by atoms with van der Waals surface area (Å²) in [5.74, 6) is 0.954. The van der Waals surface area contributed by atoms with E-state index in [0.29, 0.717) is 26.2 Å². The Morgan fingerprint density at radius 2 is 1.87 bits per heavy atom. The van der Waals surface area contributed by atoms with E-state index in [1.54, 1.807) is 14.9 Å². The molecule has 2 saturated heterocycles. The highest BCUT2D eigenvalue weighted by molar-refractivity contribution is 7.86. The largest absolute Gasteiger partial charge is 0.373 e. The van der Waals surface area contributed by atoms with Crippen LogP contribution in [0.3, 0.4) is 0 Å². The number of piperidine rings is 1. The summed E-state index contributed by atoms with van der Waals surface area (Å²) >= 11 is 0. The molecule has 130 valence electrons. The number of morpholine rings is 1. The van der Waals surface area contributed by atoms with Crippen molar-refractivity contribution in [2.75, 3.05) is 26.2 Å². The molecule has 2 aliphatic heterocycles. The molecule has 2 fully saturated rings. The minimum Gasteiger partial charge on any atom is -0.373 e. The van der Waals surface area contributed by atoms with Gasteiger partial charge in [0.15, 0.2) is 0 Å². The van der Waals surface area contributed by atoms with Crippen LogP contribution in [0, 0.1) is 0 Å². The third-order valence-electron chi connectivity index (χ3n) is 4.53. The highest BCUT2D eigenvalue weighted by Gasteiger charge is 2.38. The Balaban J connectivity index is 1.76. The Kier molecular flexibility index (Phi) is 4.73. The van der Waals surface area contributed by atoms with Crippen LogP contribution in [-0.2, 0) is 22.0 Å². The Bertz CT molecular complexity index is 637. The van der Waals surface area contributed by atoms with Crippen molar-refractivity contribution >= 4 is 10.2 Å². The van der Waals surface area contributed by atoms with Crippen LogP contribution in [0.1, 0.15) is 38.4 Å². The summed E-state index contributed by atoms with van der Waals surface area (Å²) in [7, 11) is -1.56. The van der Waals surface area contributed by atoms with Crippen LogP contribution in [0.5, 0.6) is 0 Å². The first kappa shape index (κ1) is 16.8. The van der Waals surface area contributed by atoms with Gasteiger partial charge in [-0.2, -0.15) is 17.0 Å². The van der Waals surface area contributed by atoms with E-state index in [1.807, 2.05) is 25.5 Å². The highest BCUT2D eigenvalue weighted by atomic mass is 32.2. The van der Waals surface area contributed by atoms with Crippen LogP contribution in [0.25, 0.3) is 0 Å².